The highest BCUT2D eigenvalue weighted by Gasteiger charge is 2.18. The van der Waals surface area contributed by atoms with Crippen LogP contribution in [0.15, 0.2) is 54.6 Å². The number of ether oxygens (including phenoxy) is 1. The molecule has 3 rings (SSSR count). The van der Waals surface area contributed by atoms with Crippen LogP contribution >= 0.6 is 0 Å². The number of anilines is 1. The number of amides is 1. The van der Waals surface area contributed by atoms with Gasteiger partial charge in [-0.25, -0.2) is 13.5 Å². The summed E-state index contributed by atoms with van der Waals surface area (Å²) in [7, 11) is 0. The molecule has 0 saturated carbocycles. The van der Waals surface area contributed by atoms with E-state index in [0.29, 0.717) is 17.2 Å². The Hall–Kier alpha value is -3.22. The van der Waals surface area contributed by atoms with Gasteiger partial charge in [0.1, 0.15) is 23.2 Å². The molecule has 1 aromatic heterocycles. The Morgan fingerprint density at radius 1 is 1.12 bits per heavy atom. The zero-order valence-electron chi connectivity index (χ0n) is 14.2. The van der Waals surface area contributed by atoms with Crippen LogP contribution < -0.4 is 10.1 Å². The van der Waals surface area contributed by atoms with Gasteiger partial charge in [0.2, 0.25) is 0 Å². The van der Waals surface area contributed by atoms with Gasteiger partial charge in [-0.2, -0.15) is 5.10 Å². The average molecular weight is 357 g/mol. The standard InChI is InChI=1S/C19H17F2N3O2/c1-12-10-18(24(23-12)16-8-6-14(20)7-9-16)22-19(25)13(2)26-17-5-3-4-15(21)11-17/h3-11,13H,1-2H3,(H,22,25). The molecule has 0 spiro atoms. The SMILES string of the molecule is Cc1cc(NC(=O)C(C)Oc2cccc(F)c2)n(-c2ccc(F)cc2)n1. The third-order valence-corrected chi connectivity index (χ3v) is 3.63. The fourth-order valence-corrected chi connectivity index (χ4v) is 2.39. The van der Waals surface area contributed by atoms with Gasteiger partial charge >= 0.3 is 0 Å². The molecule has 1 amide bonds. The minimum Gasteiger partial charge on any atom is -0.481 e. The molecule has 0 aliphatic heterocycles. The maximum Gasteiger partial charge on any atom is 0.266 e. The van der Waals surface area contributed by atoms with Gasteiger partial charge < -0.3 is 10.1 Å². The summed E-state index contributed by atoms with van der Waals surface area (Å²) in [6, 6.07) is 13.0. The van der Waals surface area contributed by atoms with Crippen LogP contribution in [0.25, 0.3) is 5.69 Å². The van der Waals surface area contributed by atoms with E-state index in [4.69, 9.17) is 4.74 Å². The van der Waals surface area contributed by atoms with E-state index >= 15 is 0 Å². The molecule has 5 nitrogen and oxygen atoms in total. The molecule has 3 aromatic rings. The highest BCUT2D eigenvalue weighted by atomic mass is 19.1. The second-order valence-corrected chi connectivity index (χ2v) is 5.77. The summed E-state index contributed by atoms with van der Waals surface area (Å²) in [6.45, 7) is 3.34. The second-order valence-electron chi connectivity index (χ2n) is 5.77. The van der Waals surface area contributed by atoms with E-state index < -0.39 is 17.8 Å². The van der Waals surface area contributed by atoms with Gasteiger partial charge in [0.25, 0.3) is 5.91 Å². The fourth-order valence-electron chi connectivity index (χ4n) is 2.39. The highest BCUT2D eigenvalue weighted by Crippen LogP contribution is 2.19. The van der Waals surface area contributed by atoms with Gasteiger partial charge in [0.15, 0.2) is 6.10 Å². The zero-order chi connectivity index (χ0) is 18.7. The Balaban J connectivity index is 1.76. The van der Waals surface area contributed by atoms with E-state index in [1.165, 1.54) is 35.0 Å². The summed E-state index contributed by atoms with van der Waals surface area (Å²) in [5, 5.41) is 7.04. The Morgan fingerprint density at radius 2 is 1.85 bits per heavy atom. The van der Waals surface area contributed by atoms with E-state index in [2.05, 4.69) is 10.4 Å². The summed E-state index contributed by atoms with van der Waals surface area (Å²) in [5.41, 5.74) is 1.29. The third kappa shape index (κ3) is 4.05. The van der Waals surface area contributed by atoms with Gasteiger partial charge in [-0.3, -0.25) is 4.79 Å². The van der Waals surface area contributed by atoms with Crippen molar-refractivity contribution in [3.05, 3.63) is 71.9 Å². The lowest BCUT2D eigenvalue weighted by molar-refractivity contribution is -0.122. The minimum absolute atomic E-state index is 0.260. The lowest BCUT2D eigenvalue weighted by atomic mass is 10.3. The largest absolute Gasteiger partial charge is 0.481 e. The predicted molar refractivity (Wildman–Crippen MR) is 93.4 cm³/mol. The van der Waals surface area contributed by atoms with Gasteiger partial charge in [0, 0.05) is 12.1 Å². The minimum atomic E-state index is -0.853. The molecule has 1 heterocycles. The number of hydrogen-bond donors (Lipinski definition) is 1. The van der Waals surface area contributed by atoms with Crippen LogP contribution in [0.2, 0.25) is 0 Å². The molecule has 0 radical (unpaired) electrons. The predicted octanol–water partition coefficient (Wildman–Crippen LogP) is 3.86. The number of rotatable bonds is 5. The quantitative estimate of drug-likeness (QED) is 0.754. The summed E-state index contributed by atoms with van der Waals surface area (Å²) >= 11 is 0. The van der Waals surface area contributed by atoms with Crippen molar-refractivity contribution in [3.63, 3.8) is 0 Å². The molecule has 0 saturated heterocycles. The zero-order valence-corrected chi connectivity index (χ0v) is 14.2. The number of aromatic nitrogens is 2. The van der Waals surface area contributed by atoms with E-state index in [1.54, 1.807) is 38.1 Å². The molecule has 2 aromatic carbocycles. The van der Waals surface area contributed by atoms with Crippen molar-refractivity contribution in [2.45, 2.75) is 20.0 Å². The Morgan fingerprint density at radius 3 is 2.54 bits per heavy atom. The fraction of sp³-hybridized carbons (Fsp3) is 0.158. The first-order chi connectivity index (χ1) is 12.4. The van der Waals surface area contributed by atoms with Crippen molar-refractivity contribution < 1.29 is 18.3 Å². The molecule has 1 unspecified atom stereocenters. The molecule has 134 valence electrons. The molecule has 1 atom stereocenters. The van der Waals surface area contributed by atoms with Crippen LogP contribution in [0.1, 0.15) is 12.6 Å². The first kappa shape index (κ1) is 17.6. The van der Waals surface area contributed by atoms with Crippen LogP contribution in [0.4, 0.5) is 14.6 Å². The number of aryl methyl sites for hydroxylation is 1. The maximum absolute atomic E-state index is 13.2. The molecule has 26 heavy (non-hydrogen) atoms. The molecular formula is C19H17F2N3O2. The number of carbonyl (C=O) groups is 1. The van der Waals surface area contributed by atoms with Crippen LogP contribution in [0.5, 0.6) is 5.75 Å². The van der Waals surface area contributed by atoms with E-state index in [-0.39, 0.29) is 11.6 Å². The van der Waals surface area contributed by atoms with Crippen LogP contribution in [-0.2, 0) is 4.79 Å². The number of benzene rings is 2. The lowest BCUT2D eigenvalue weighted by Gasteiger charge is -2.15. The van der Waals surface area contributed by atoms with Crippen molar-refractivity contribution >= 4 is 11.7 Å². The van der Waals surface area contributed by atoms with E-state index in [0.717, 1.165) is 0 Å². The average Bonchev–Trinajstić information content (AvgIpc) is 2.96. The van der Waals surface area contributed by atoms with Crippen LogP contribution in [0, 0.1) is 18.6 Å². The van der Waals surface area contributed by atoms with Crippen molar-refractivity contribution in [3.8, 4) is 11.4 Å². The molecule has 0 aliphatic rings. The molecule has 0 bridgehead atoms. The first-order valence-corrected chi connectivity index (χ1v) is 7.98. The Kier molecular flexibility index (Phi) is 4.97. The normalized spacial score (nSPS) is 11.8. The number of nitrogens with one attached hydrogen (secondary N) is 1. The van der Waals surface area contributed by atoms with Gasteiger partial charge in [-0.05, 0) is 50.2 Å². The molecule has 7 heteroatoms. The maximum atomic E-state index is 13.2. The summed E-state index contributed by atoms with van der Waals surface area (Å²) in [6.07, 6.45) is -0.853. The monoisotopic (exact) mass is 357 g/mol. The summed E-state index contributed by atoms with van der Waals surface area (Å²) in [4.78, 5) is 12.4. The topological polar surface area (TPSA) is 56.1 Å². The highest BCUT2D eigenvalue weighted by molar-refractivity contribution is 5.93. The van der Waals surface area contributed by atoms with Gasteiger partial charge in [-0.1, -0.05) is 6.07 Å². The number of nitrogens with zero attached hydrogens (tertiary/aromatic N) is 2. The van der Waals surface area contributed by atoms with E-state index in [1.807, 2.05) is 0 Å². The van der Waals surface area contributed by atoms with Crippen molar-refractivity contribution in [1.29, 1.82) is 0 Å². The second kappa shape index (κ2) is 7.35. The first-order valence-electron chi connectivity index (χ1n) is 7.98. The van der Waals surface area contributed by atoms with Crippen molar-refractivity contribution in [2.75, 3.05) is 5.32 Å². The Bertz CT molecular complexity index is 923. The van der Waals surface area contributed by atoms with Crippen LogP contribution in [-0.4, -0.2) is 21.8 Å². The Labute approximate surface area is 149 Å². The number of halogens is 2. The van der Waals surface area contributed by atoms with Gasteiger partial charge in [0.05, 0.1) is 11.4 Å². The van der Waals surface area contributed by atoms with Gasteiger partial charge in [-0.15, -0.1) is 0 Å². The van der Waals surface area contributed by atoms with Crippen molar-refractivity contribution in [1.82, 2.24) is 9.78 Å². The number of carbonyl (C=O) groups excluding carboxylic acids is 1. The summed E-state index contributed by atoms with van der Waals surface area (Å²) in [5.74, 6) is -0.539. The molecular weight excluding hydrogens is 340 g/mol. The molecule has 1 N–H and O–H groups in total. The molecule has 0 fully saturated rings. The smallest absolute Gasteiger partial charge is 0.266 e. The van der Waals surface area contributed by atoms with E-state index in [9.17, 15) is 13.6 Å². The third-order valence-electron chi connectivity index (χ3n) is 3.63. The number of hydrogen-bond acceptors (Lipinski definition) is 3. The van der Waals surface area contributed by atoms with Crippen LogP contribution in [0.3, 0.4) is 0 Å². The van der Waals surface area contributed by atoms with Crippen molar-refractivity contribution in [2.24, 2.45) is 0 Å². The summed E-state index contributed by atoms with van der Waals surface area (Å²) < 4.78 is 33.3. The lowest BCUT2D eigenvalue weighted by Crippen LogP contribution is -2.31. The molecule has 0 aliphatic carbocycles.